The molecule has 9 heteroatoms. The smallest absolute Gasteiger partial charge is 0.277 e. The first-order valence-electron chi connectivity index (χ1n) is 9.57. The molecule has 3 heterocycles. The lowest BCUT2D eigenvalue weighted by molar-refractivity contribution is 0.589. The van der Waals surface area contributed by atoms with Crippen molar-refractivity contribution in [2.45, 2.75) is 11.1 Å². The van der Waals surface area contributed by atoms with Crippen molar-refractivity contribution in [2.75, 3.05) is 31.1 Å². The number of thiophene rings is 1. The maximum Gasteiger partial charge on any atom is 0.277 e. The van der Waals surface area contributed by atoms with E-state index in [1.807, 2.05) is 18.2 Å². The molecule has 5 rings (SSSR count). The van der Waals surface area contributed by atoms with Crippen LogP contribution in [0.5, 0.6) is 0 Å². The summed E-state index contributed by atoms with van der Waals surface area (Å²) in [6, 6.07) is 11.1. The largest absolute Gasteiger partial charge is 0.368 e. The summed E-state index contributed by atoms with van der Waals surface area (Å²) in [4.78, 5) is 2.29. The minimum Gasteiger partial charge on any atom is -0.368 e. The average Bonchev–Trinajstić information content (AvgIpc) is 3.31. The van der Waals surface area contributed by atoms with Gasteiger partial charge in [-0.05, 0) is 48.2 Å². The van der Waals surface area contributed by atoms with Crippen LogP contribution >= 0.6 is 34.5 Å². The number of fused-ring (bicyclic) bond motifs is 2. The van der Waals surface area contributed by atoms with Gasteiger partial charge in [-0.2, -0.15) is 8.42 Å². The molecule has 0 unspecified atom stereocenters. The molecule has 4 aromatic rings. The number of anilines is 1. The molecule has 1 fully saturated rings. The van der Waals surface area contributed by atoms with Gasteiger partial charge in [-0.15, -0.1) is 11.3 Å². The van der Waals surface area contributed by atoms with Crippen LogP contribution in [-0.4, -0.2) is 38.6 Å². The summed E-state index contributed by atoms with van der Waals surface area (Å²) in [5, 5.41) is 6.01. The van der Waals surface area contributed by atoms with Crippen LogP contribution in [0.3, 0.4) is 0 Å². The van der Waals surface area contributed by atoms with Crippen LogP contribution in [0, 0.1) is 6.92 Å². The standard InChI is InChI=1S/C21H19Cl2N3O2S2/c1-13-16-11-14(22)12-17(23)20(16)29-21(13)30(27,28)26-8-5-15-18(3-2-4-19(15)26)25-9-6-24-7-10-25/h2-5,8,11-12,24H,6-7,9-10H2,1H3. The minimum absolute atomic E-state index is 0.284. The van der Waals surface area contributed by atoms with Crippen molar-refractivity contribution in [2.24, 2.45) is 0 Å². The Labute approximate surface area is 188 Å². The highest BCUT2D eigenvalue weighted by molar-refractivity contribution is 7.92. The van der Waals surface area contributed by atoms with Crippen LogP contribution in [-0.2, 0) is 10.0 Å². The number of nitrogens with zero attached hydrogens (tertiary/aromatic N) is 2. The first-order chi connectivity index (χ1) is 14.4. The van der Waals surface area contributed by atoms with Crippen molar-refractivity contribution < 1.29 is 8.42 Å². The quantitative estimate of drug-likeness (QED) is 0.443. The third-order valence-electron chi connectivity index (χ3n) is 5.54. The van der Waals surface area contributed by atoms with Gasteiger partial charge in [-0.25, -0.2) is 3.97 Å². The normalized spacial score (nSPS) is 15.4. The number of aromatic nitrogens is 1. The fourth-order valence-corrected chi connectivity index (χ4v) is 7.84. The number of hydrogen-bond donors (Lipinski definition) is 1. The molecule has 0 saturated carbocycles. The van der Waals surface area contributed by atoms with E-state index in [4.69, 9.17) is 23.2 Å². The predicted octanol–water partition coefficient (Wildman–Crippen LogP) is 5.12. The van der Waals surface area contributed by atoms with E-state index >= 15 is 0 Å². The topological polar surface area (TPSA) is 54.3 Å². The maximum atomic E-state index is 13.7. The molecule has 1 saturated heterocycles. The molecule has 1 N–H and O–H groups in total. The Morgan fingerprint density at radius 2 is 1.83 bits per heavy atom. The molecule has 0 atom stereocenters. The fourth-order valence-electron chi connectivity index (χ4n) is 4.08. The minimum atomic E-state index is -3.79. The Balaban J connectivity index is 1.68. The molecule has 30 heavy (non-hydrogen) atoms. The number of nitrogens with one attached hydrogen (secondary N) is 1. The highest BCUT2D eigenvalue weighted by Crippen LogP contribution is 2.41. The molecule has 1 aliphatic heterocycles. The molecule has 5 nitrogen and oxygen atoms in total. The van der Waals surface area contributed by atoms with Gasteiger partial charge in [-0.3, -0.25) is 0 Å². The third kappa shape index (κ3) is 3.11. The van der Waals surface area contributed by atoms with Gasteiger partial charge in [0.1, 0.15) is 4.21 Å². The lowest BCUT2D eigenvalue weighted by atomic mass is 10.2. The van der Waals surface area contributed by atoms with Crippen molar-refractivity contribution >= 4 is 71.2 Å². The van der Waals surface area contributed by atoms with Gasteiger partial charge in [0.2, 0.25) is 0 Å². The zero-order chi connectivity index (χ0) is 21.0. The number of aryl methyl sites for hydroxylation is 1. The van der Waals surface area contributed by atoms with Crippen molar-refractivity contribution in [3.63, 3.8) is 0 Å². The number of halogens is 2. The summed E-state index contributed by atoms with van der Waals surface area (Å²) in [6.07, 6.45) is 1.64. The summed E-state index contributed by atoms with van der Waals surface area (Å²) < 4.78 is 29.7. The molecule has 0 aliphatic carbocycles. The molecule has 2 aromatic heterocycles. The van der Waals surface area contributed by atoms with E-state index in [0.717, 1.165) is 47.3 Å². The first kappa shape index (κ1) is 20.2. The highest BCUT2D eigenvalue weighted by atomic mass is 35.5. The van der Waals surface area contributed by atoms with E-state index in [0.29, 0.717) is 21.1 Å². The summed E-state index contributed by atoms with van der Waals surface area (Å²) >= 11 is 13.7. The van der Waals surface area contributed by atoms with Gasteiger partial charge in [0.25, 0.3) is 10.0 Å². The van der Waals surface area contributed by atoms with Crippen LogP contribution in [0.1, 0.15) is 5.56 Å². The molecular formula is C21H19Cl2N3O2S2. The zero-order valence-electron chi connectivity index (χ0n) is 16.2. The summed E-state index contributed by atoms with van der Waals surface area (Å²) in [5.74, 6) is 0. The molecule has 2 aromatic carbocycles. The number of hydrogen-bond acceptors (Lipinski definition) is 5. The van der Waals surface area contributed by atoms with Gasteiger partial charge in [0, 0.05) is 48.5 Å². The molecule has 156 valence electrons. The third-order valence-corrected chi connectivity index (χ3v) is 9.80. The van der Waals surface area contributed by atoms with E-state index in [2.05, 4.69) is 16.3 Å². The average molecular weight is 480 g/mol. The molecule has 0 spiro atoms. The van der Waals surface area contributed by atoms with Crippen molar-refractivity contribution in [3.05, 3.63) is 58.2 Å². The fraction of sp³-hybridized carbons (Fsp3) is 0.238. The number of benzene rings is 2. The number of piperazine rings is 1. The van der Waals surface area contributed by atoms with E-state index < -0.39 is 10.0 Å². The van der Waals surface area contributed by atoms with Crippen molar-refractivity contribution in [3.8, 4) is 0 Å². The second-order valence-electron chi connectivity index (χ2n) is 7.34. The second kappa shape index (κ2) is 7.43. The Morgan fingerprint density at radius 1 is 1.07 bits per heavy atom. The molecule has 1 aliphatic rings. The van der Waals surface area contributed by atoms with Crippen LogP contribution in [0.25, 0.3) is 21.0 Å². The summed E-state index contributed by atoms with van der Waals surface area (Å²) in [7, 11) is -3.79. The van der Waals surface area contributed by atoms with Crippen LogP contribution in [0.15, 0.2) is 46.8 Å². The van der Waals surface area contributed by atoms with Crippen molar-refractivity contribution in [1.29, 1.82) is 0 Å². The van der Waals surface area contributed by atoms with Gasteiger partial charge in [0.15, 0.2) is 0 Å². The maximum absolute atomic E-state index is 13.7. The van der Waals surface area contributed by atoms with E-state index in [1.165, 1.54) is 15.3 Å². The van der Waals surface area contributed by atoms with Crippen molar-refractivity contribution in [1.82, 2.24) is 9.29 Å². The first-order valence-corrected chi connectivity index (χ1v) is 12.6. The SMILES string of the molecule is Cc1c(S(=O)(=O)n2ccc3c(N4CCNCC4)cccc32)sc2c(Cl)cc(Cl)cc12. The van der Waals surface area contributed by atoms with Gasteiger partial charge in [-0.1, -0.05) is 29.3 Å². The monoisotopic (exact) mass is 479 g/mol. The Hall–Kier alpha value is -1.77. The lowest BCUT2D eigenvalue weighted by Crippen LogP contribution is -2.43. The lowest BCUT2D eigenvalue weighted by Gasteiger charge is -2.30. The Kier molecular flexibility index (Phi) is 4.99. The summed E-state index contributed by atoms with van der Waals surface area (Å²) in [6.45, 7) is 5.42. The predicted molar refractivity (Wildman–Crippen MR) is 126 cm³/mol. The van der Waals surface area contributed by atoms with Crippen LogP contribution < -0.4 is 10.2 Å². The number of rotatable bonds is 3. The Morgan fingerprint density at radius 3 is 2.60 bits per heavy atom. The Bertz CT molecular complexity index is 1390. The van der Waals surface area contributed by atoms with Crippen LogP contribution in [0.2, 0.25) is 10.0 Å². The van der Waals surface area contributed by atoms with Gasteiger partial charge >= 0.3 is 0 Å². The van der Waals surface area contributed by atoms with Crippen LogP contribution in [0.4, 0.5) is 5.69 Å². The van der Waals surface area contributed by atoms with Gasteiger partial charge in [0.05, 0.1) is 15.2 Å². The molecule has 0 bridgehead atoms. The van der Waals surface area contributed by atoms with E-state index in [-0.39, 0.29) is 4.21 Å². The highest BCUT2D eigenvalue weighted by Gasteiger charge is 2.27. The molecular weight excluding hydrogens is 461 g/mol. The van der Waals surface area contributed by atoms with E-state index in [1.54, 1.807) is 25.3 Å². The molecule has 0 radical (unpaired) electrons. The van der Waals surface area contributed by atoms with Gasteiger partial charge < -0.3 is 10.2 Å². The summed E-state index contributed by atoms with van der Waals surface area (Å²) in [5.41, 5.74) is 2.40. The second-order valence-corrected chi connectivity index (χ2v) is 11.2. The zero-order valence-corrected chi connectivity index (χ0v) is 19.3. The molecule has 0 amide bonds. The van der Waals surface area contributed by atoms with E-state index in [9.17, 15) is 8.42 Å².